The van der Waals surface area contributed by atoms with Gasteiger partial charge in [-0.1, -0.05) is 18.2 Å². The molecule has 3 N–H and O–H groups in total. The average molecular weight is 383 g/mol. The number of hydrogen-bond donors (Lipinski definition) is 2. The van der Waals surface area contributed by atoms with Gasteiger partial charge in [-0.3, -0.25) is 14.9 Å². The Morgan fingerprint density at radius 3 is 2.50 bits per heavy atom. The van der Waals surface area contributed by atoms with E-state index in [0.29, 0.717) is 25.1 Å². The highest BCUT2D eigenvalue weighted by molar-refractivity contribution is 5.95. The lowest BCUT2D eigenvalue weighted by Crippen LogP contribution is -2.39. The zero-order valence-electron chi connectivity index (χ0n) is 15.2. The van der Waals surface area contributed by atoms with E-state index in [1.165, 1.54) is 18.2 Å². The van der Waals surface area contributed by atoms with E-state index in [0.717, 1.165) is 18.4 Å². The Labute approximate surface area is 161 Å². The molecule has 2 aromatic rings. The van der Waals surface area contributed by atoms with Gasteiger partial charge in [0.25, 0.3) is 11.6 Å². The van der Waals surface area contributed by atoms with Crippen molar-refractivity contribution >= 4 is 23.3 Å². The number of likely N-dealkylation sites (tertiary alicyclic amines) is 1. The van der Waals surface area contributed by atoms with Crippen molar-refractivity contribution in [3.05, 3.63) is 69.3 Å². The molecule has 0 aliphatic carbocycles. The maximum Gasteiger partial charge on any atom is 0.335 e. The van der Waals surface area contributed by atoms with Crippen LogP contribution in [-0.2, 0) is 6.42 Å². The third-order valence-electron chi connectivity index (χ3n) is 5.13. The Hall–Kier alpha value is -3.42. The zero-order chi connectivity index (χ0) is 20.3. The molecule has 8 heteroatoms. The lowest BCUT2D eigenvalue weighted by Gasteiger charge is -2.32. The predicted octanol–water partition coefficient (Wildman–Crippen LogP) is 2.97. The normalized spacial score (nSPS) is 14.6. The van der Waals surface area contributed by atoms with Crippen LogP contribution in [-0.4, -0.2) is 39.9 Å². The van der Waals surface area contributed by atoms with Gasteiger partial charge in [0.1, 0.15) is 5.69 Å². The quantitative estimate of drug-likeness (QED) is 0.464. The lowest BCUT2D eigenvalue weighted by atomic mass is 9.88. The minimum atomic E-state index is -0.937. The summed E-state index contributed by atoms with van der Waals surface area (Å²) >= 11 is 0. The first-order chi connectivity index (χ1) is 13.4. The van der Waals surface area contributed by atoms with Crippen LogP contribution in [0.1, 0.15) is 39.1 Å². The summed E-state index contributed by atoms with van der Waals surface area (Å²) in [4.78, 5) is 36.1. The summed E-state index contributed by atoms with van der Waals surface area (Å²) in [5, 5.41) is 20.3. The number of carbonyl (C=O) groups excluding carboxylic acids is 1. The molecule has 0 aromatic heterocycles. The third-order valence-corrected chi connectivity index (χ3v) is 5.13. The number of nitro groups is 1. The van der Waals surface area contributed by atoms with Gasteiger partial charge in [-0.25, -0.2) is 4.79 Å². The van der Waals surface area contributed by atoms with Crippen LogP contribution in [0.3, 0.4) is 0 Å². The molecule has 0 atom stereocenters. The number of carbonyl (C=O) groups is 2. The number of benzene rings is 2. The van der Waals surface area contributed by atoms with E-state index >= 15 is 0 Å². The second-order valence-electron chi connectivity index (χ2n) is 6.93. The Bertz CT molecular complexity index is 920. The third kappa shape index (κ3) is 4.11. The predicted molar refractivity (Wildman–Crippen MR) is 103 cm³/mol. The second kappa shape index (κ2) is 8.08. The number of nitrogen functional groups attached to an aromatic ring is 1. The van der Waals surface area contributed by atoms with Gasteiger partial charge >= 0.3 is 5.97 Å². The van der Waals surface area contributed by atoms with E-state index in [1.807, 2.05) is 12.1 Å². The van der Waals surface area contributed by atoms with Crippen LogP contribution in [0.5, 0.6) is 0 Å². The summed E-state index contributed by atoms with van der Waals surface area (Å²) in [6.07, 6.45) is 2.14. The first-order valence-electron chi connectivity index (χ1n) is 9.01. The molecule has 3 rings (SSSR count). The number of hydrogen-bond acceptors (Lipinski definition) is 5. The molecule has 0 radical (unpaired) electrons. The molecule has 1 heterocycles. The number of nitrogens with zero attached hydrogens (tertiary/aromatic N) is 2. The van der Waals surface area contributed by atoms with E-state index in [2.05, 4.69) is 0 Å². The van der Waals surface area contributed by atoms with E-state index in [4.69, 9.17) is 5.73 Å². The molecule has 0 bridgehead atoms. The maximum atomic E-state index is 12.7. The Morgan fingerprint density at radius 2 is 1.86 bits per heavy atom. The van der Waals surface area contributed by atoms with Crippen molar-refractivity contribution in [1.29, 1.82) is 0 Å². The van der Waals surface area contributed by atoms with Gasteiger partial charge in [0.2, 0.25) is 0 Å². The van der Waals surface area contributed by atoms with Crippen molar-refractivity contribution in [3.63, 3.8) is 0 Å². The largest absolute Gasteiger partial charge is 0.478 e. The number of aromatic carboxylic acids is 1. The van der Waals surface area contributed by atoms with Crippen LogP contribution in [0.2, 0.25) is 0 Å². The first-order valence-corrected chi connectivity index (χ1v) is 9.01. The monoisotopic (exact) mass is 383 g/mol. The van der Waals surface area contributed by atoms with Crippen molar-refractivity contribution in [2.45, 2.75) is 19.3 Å². The van der Waals surface area contributed by atoms with Gasteiger partial charge < -0.3 is 15.7 Å². The fourth-order valence-corrected chi connectivity index (χ4v) is 3.58. The zero-order valence-corrected chi connectivity index (χ0v) is 15.2. The summed E-state index contributed by atoms with van der Waals surface area (Å²) in [6.45, 7) is 1.05. The molecular weight excluding hydrogens is 362 g/mol. The maximum absolute atomic E-state index is 12.7. The molecule has 1 amide bonds. The summed E-state index contributed by atoms with van der Waals surface area (Å²) < 4.78 is 0. The van der Waals surface area contributed by atoms with Crippen LogP contribution in [0.25, 0.3) is 0 Å². The van der Waals surface area contributed by atoms with E-state index in [-0.39, 0.29) is 28.8 Å². The van der Waals surface area contributed by atoms with Crippen molar-refractivity contribution in [3.8, 4) is 0 Å². The van der Waals surface area contributed by atoms with E-state index < -0.39 is 10.9 Å². The molecule has 1 saturated heterocycles. The average Bonchev–Trinajstić information content (AvgIpc) is 2.68. The summed E-state index contributed by atoms with van der Waals surface area (Å²) in [6, 6.07) is 11.1. The topological polar surface area (TPSA) is 127 Å². The van der Waals surface area contributed by atoms with Gasteiger partial charge in [-0.15, -0.1) is 0 Å². The molecule has 1 aliphatic heterocycles. The van der Waals surface area contributed by atoms with Crippen LogP contribution in [0.4, 0.5) is 11.4 Å². The summed E-state index contributed by atoms with van der Waals surface area (Å²) in [5.41, 5.74) is 6.70. The van der Waals surface area contributed by atoms with Crippen LogP contribution >= 0.6 is 0 Å². The molecule has 0 spiro atoms. The van der Waals surface area contributed by atoms with Gasteiger partial charge in [0, 0.05) is 24.7 Å². The molecule has 2 aromatic carbocycles. The highest BCUT2D eigenvalue weighted by atomic mass is 16.6. The number of nitro benzene ring substituents is 1. The Balaban J connectivity index is 1.64. The fourth-order valence-electron chi connectivity index (χ4n) is 3.58. The molecule has 146 valence electrons. The van der Waals surface area contributed by atoms with Gasteiger partial charge in [0.15, 0.2) is 0 Å². The minimum Gasteiger partial charge on any atom is -0.478 e. The Morgan fingerprint density at radius 1 is 1.18 bits per heavy atom. The highest BCUT2D eigenvalue weighted by Crippen LogP contribution is 2.27. The van der Waals surface area contributed by atoms with Crippen molar-refractivity contribution in [1.82, 2.24) is 4.90 Å². The number of nitrogens with two attached hydrogens (primary N) is 1. The van der Waals surface area contributed by atoms with Crippen molar-refractivity contribution in [2.24, 2.45) is 5.92 Å². The highest BCUT2D eigenvalue weighted by Gasteiger charge is 2.26. The second-order valence-corrected chi connectivity index (χ2v) is 6.93. The van der Waals surface area contributed by atoms with Crippen LogP contribution < -0.4 is 5.73 Å². The lowest BCUT2D eigenvalue weighted by molar-refractivity contribution is -0.383. The first kappa shape index (κ1) is 19.3. The molecule has 0 unspecified atom stereocenters. The standard InChI is InChI=1S/C20H21N3O5/c21-17-6-5-15(12-18(17)23(27)28)19(24)22-9-7-13(8-10-22)11-14-3-1-2-4-16(14)20(25)26/h1-6,12-13H,7-11,21H2,(H,25,26). The SMILES string of the molecule is Nc1ccc(C(=O)N2CCC(Cc3ccccc3C(=O)O)CC2)cc1[N+](=O)[O-]. The number of carboxylic acid groups (broad SMARTS) is 1. The fraction of sp³-hybridized carbons (Fsp3) is 0.300. The van der Waals surface area contributed by atoms with E-state index in [1.54, 1.807) is 17.0 Å². The molecule has 28 heavy (non-hydrogen) atoms. The molecule has 1 aliphatic rings. The molecule has 1 fully saturated rings. The minimum absolute atomic E-state index is 0.0253. The van der Waals surface area contributed by atoms with Gasteiger partial charge in [0.05, 0.1) is 10.5 Å². The van der Waals surface area contributed by atoms with E-state index in [9.17, 15) is 24.8 Å². The Kier molecular flexibility index (Phi) is 5.58. The summed E-state index contributed by atoms with van der Waals surface area (Å²) in [7, 11) is 0. The van der Waals surface area contributed by atoms with Gasteiger partial charge in [-0.2, -0.15) is 0 Å². The van der Waals surface area contributed by atoms with Crippen molar-refractivity contribution < 1.29 is 19.6 Å². The smallest absolute Gasteiger partial charge is 0.335 e. The van der Waals surface area contributed by atoms with Crippen LogP contribution in [0.15, 0.2) is 42.5 Å². The molecule has 0 saturated carbocycles. The number of anilines is 1. The summed E-state index contributed by atoms with van der Waals surface area (Å²) in [5.74, 6) is -0.911. The van der Waals surface area contributed by atoms with Gasteiger partial charge in [-0.05, 0) is 48.9 Å². The number of amides is 1. The molecule has 8 nitrogen and oxygen atoms in total. The number of piperidine rings is 1. The van der Waals surface area contributed by atoms with Crippen molar-refractivity contribution in [2.75, 3.05) is 18.8 Å². The molecular formula is C20H21N3O5. The van der Waals surface area contributed by atoms with Crippen LogP contribution in [0, 0.1) is 16.0 Å². The number of carboxylic acids is 1. The number of rotatable bonds is 5.